The number of carbonyl (C=O) groups excluding carboxylic acids is 3. The molecule has 1 aromatic carbocycles. The molecule has 5 aliphatic carbocycles. The van der Waals surface area contributed by atoms with Crippen LogP contribution in [-0.2, 0) is 23.9 Å². The largest absolute Gasteiger partial charge is 0.481 e. The minimum Gasteiger partial charge on any atom is -0.481 e. The van der Waals surface area contributed by atoms with Crippen LogP contribution < -0.4 is 0 Å². The van der Waals surface area contributed by atoms with Gasteiger partial charge in [0.15, 0.2) is 11.6 Å². The molecule has 5 aliphatic rings. The molecule has 54 heavy (non-hydrogen) atoms. The van der Waals surface area contributed by atoms with Crippen molar-refractivity contribution in [2.45, 2.75) is 152 Å². The lowest BCUT2D eigenvalue weighted by molar-refractivity contribution is -0.232. The lowest BCUT2D eigenvalue weighted by atomic mass is 9.33. The summed E-state index contributed by atoms with van der Waals surface area (Å²) in [4.78, 5) is 52.4. The maximum atomic E-state index is 14.0. The number of fused-ring (bicyclic) bond motifs is 7. The molecule has 6 rings (SSSR count). The maximum absolute atomic E-state index is 14.0. The SMILES string of the molecule is CC(C)C1=C2[C@H]3CC[C@@H]4[C@@]5(C)CC[C@H](OC(=O)CC(C)(C)C(=O)O)C(C)(C)[C@@H]5CC[C@@]4(C)[C@]3(C)CC[C@@]2(/C=C/C(=O)C[C@@H](C)c2ccc(Cl)cc2)CC1=O. The summed E-state index contributed by atoms with van der Waals surface area (Å²) >= 11 is 6.11. The van der Waals surface area contributed by atoms with E-state index in [2.05, 4.69) is 61.5 Å². The Morgan fingerprint density at radius 1 is 0.907 bits per heavy atom. The molecule has 1 N–H and O–H groups in total. The van der Waals surface area contributed by atoms with Gasteiger partial charge < -0.3 is 9.84 Å². The van der Waals surface area contributed by atoms with Crippen molar-refractivity contribution in [3.05, 3.63) is 58.1 Å². The number of hydrogen-bond donors (Lipinski definition) is 1. The molecule has 7 heteroatoms. The number of rotatable bonds is 10. The Morgan fingerprint density at radius 3 is 2.20 bits per heavy atom. The normalized spacial score (nSPS) is 36.6. The van der Waals surface area contributed by atoms with Gasteiger partial charge in [0.05, 0.1) is 11.8 Å². The van der Waals surface area contributed by atoms with Gasteiger partial charge in [-0.1, -0.05) is 85.2 Å². The summed E-state index contributed by atoms with van der Waals surface area (Å²) in [7, 11) is 0. The number of allylic oxidation sites excluding steroid dienone is 4. The van der Waals surface area contributed by atoms with Crippen LogP contribution in [0.1, 0.15) is 151 Å². The number of hydrogen-bond acceptors (Lipinski definition) is 5. The summed E-state index contributed by atoms with van der Waals surface area (Å²) < 4.78 is 6.17. The molecular weight excluding hydrogens is 696 g/mol. The number of esters is 1. The van der Waals surface area contributed by atoms with Crippen molar-refractivity contribution in [2.75, 3.05) is 0 Å². The first-order chi connectivity index (χ1) is 25.0. The number of ether oxygens (including phenoxy) is 1. The number of halogens is 1. The van der Waals surface area contributed by atoms with E-state index in [4.69, 9.17) is 16.3 Å². The monoisotopic (exact) mass is 760 g/mol. The van der Waals surface area contributed by atoms with Crippen molar-refractivity contribution in [1.29, 1.82) is 0 Å². The van der Waals surface area contributed by atoms with Gasteiger partial charge in [-0.05, 0) is 146 Å². The second kappa shape index (κ2) is 14.0. The average molecular weight is 761 g/mol. The van der Waals surface area contributed by atoms with Crippen molar-refractivity contribution >= 4 is 35.1 Å². The number of aliphatic carboxylic acids is 1. The number of ketones is 2. The van der Waals surface area contributed by atoms with Gasteiger partial charge in [0.25, 0.3) is 0 Å². The van der Waals surface area contributed by atoms with Crippen LogP contribution in [0.3, 0.4) is 0 Å². The van der Waals surface area contributed by atoms with Crippen LogP contribution in [0.5, 0.6) is 0 Å². The summed E-state index contributed by atoms with van der Waals surface area (Å²) in [6.07, 6.45) is 12.4. The molecule has 6 nitrogen and oxygen atoms in total. The lowest BCUT2D eigenvalue weighted by Gasteiger charge is -2.72. The molecule has 1 aromatic rings. The highest BCUT2D eigenvalue weighted by atomic mass is 35.5. The van der Waals surface area contributed by atoms with Gasteiger partial charge in [0.2, 0.25) is 0 Å². The smallest absolute Gasteiger partial charge is 0.309 e. The van der Waals surface area contributed by atoms with Crippen molar-refractivity contribution in [2.24, 2.45) is 56.2 Å². The highest BCUT2D eigenvalue weighted by Crippen LogP contribution is 2.77. The predicted octanol–water partition coefficient (Wildman–Crippen LogP) is 11.4. The van der Waals surface area contributed by atoms with Crippen molar-refractivity contribution < 1.29 is 29.0 Å². The van der Waals surface area contributed by atoms with Gasteiger partial charge in [0.1, 0.15) is 6.10 Å². The number of Topliss-reactive ketones (excluding diaryl/α,β-unsaturated/α-hetero) is 1. The van der Waals surface area contributed by atoms with Crippen molar-refractivity contribution in [1.82, 2.24) is 0 Å². The highest BCUT2D eigenvalue weighted by Gasteiger charge is 2.70. The van der Waals surface area contributed by atoms with Crippen LogP contribution in [0.4, 0.5) is 0 Å². The number of benzene rings is 1. The Morgan fingerprint density at radius 2 is 1.57 bits per heavy atom. The van der Waals surface area contributed by atoms with Crippen LogP contribution in [-0.4, -0.2) is 34.7 Å². The van der Waals surface area contributed by atoms with Crippen LogP contribution in [0, 0.1) is 56.2 Å². The van der Waals surface area contributed by atoms with Gasteiger partial charge in [0, 0.05) is 28.7 Å². The molecule has 9 atom stereocenters. The Labute approximate surface area is 329 Å². The lowest BCUT2D eigenvalue weighted by Crippen LogP contribution is -2.65. The molecule has 0 unspecified atom stereocenters. The number of carboxylic acid groups (broad SMARTS) is 1. The van der Waals surface area contributed by atoms with Crippen molar-refractivity contribution in [3.8, 4) is 0 Å². The molecule has 0 heterocycles. The van der Waals surface area contributed by atoms with E-state index in [0.29, 0.717) is 29.7 Å². The Bertz CT molecular complexity index is 1750. The van der Waals surface area contributed by atoms with E-state index in [1.54, 1.807) is 19.9 Å². The fourth-order valence-electron chi connectivity index (χ4n) is 13.2. The Kier molecular flexibility index (Phi) is 10.6. The van der Waals surface area contributed by atoms with Crippen LogP contribution in [0.15, 0.2) is 47.6 Å². The molecule has 0 bridgehead atoms. The minimum atomic E-state index is -1.17. The third-order valence-corrected chi connectivity index (χ3v) is 16.6. The maximum Gasteiger partial charge on any atom is 0.309 e. The van der Waals surface area contributed by atoms with Crippen LogP contribution >= 0.6 is 11.6 Å². The molecule has 4 saturated carbocycles. The van der Waals surface area contributed by atoms with Crippen molar-refractivity contribution in [3.63, 3.8) is 0 Å². The Hall–Kier alpha value is -2.73. The third kappa shape index (κ3) is 6.56. The van der Waals surface area contributed by atoms with Crippen LogP contribution in [0.25, 0.3) is 0 Å². The van der Waals surface area contributed by atoms with Gasteiger partial charge >= 0.3 is 11.9 Å². The summed E-state index contributed by atoms with van der Waals surface area (Å²) in [6.45, 7) is 21.7. The average Bonchev–Trinajstić information content (AvgIpc) is 3.37. The summed E-state index contributed by atoms with van der Waals surface area (Å²) in [5.41, 5.74) is 1.78. The number of carboxylic acids is 1. The van der Waals surface area contributed by atoms with Crippen LogP contribution in [0.2, 0.25) is 5.02 Å². The fourth-order valence-corrected chi connectivity index (χ4v) is 13.3. The summed E-state index contributed by atoms with van der Waals surface area (Å²) in [5, 5.41) is 10.3. The topological polar surface area (TPSA) is 97.7 Å². The van der Waals surface area contributed by atoms with Gasteiger partial charge in [-0.25, -0.2) is 0 Å². The summed E-state index contributed by atoms with van der Waals surface area (Å²) in [5.74, 6) is 0.293. The van der Waals surface area contributed by atoms with Gasteiger partial charge in [-0.3, -0.25) is 19.2 Å². The van der Waals surface area contributed by atoms with E-state index in [1.807, 2.05) is 24.3 Å². The molecule has 0 amide bonds. The zero-order chi connectivity index (χ0) is 39.8. The first-order valence-corrected chi connectivity index (χ1v) is 21.1. The molecule has 296 valence electrons. The quantitative estimate of drug-likeness (QED) is 0.188. The predicted molar refractivity (Wildman–Crippen MR) is 214 cm³/mol. The molecular formula is C47H65ClO6. The van der Waals surface area contributed by atoms with E-state index < -0.39 is 22.8 Å². The molecule has 0 aliphatic heterocycles. The Balaban J connectivity index is 1.26. The van der Waals surface area contributed by atoms with E-state index >= 15 is 0 Å². The molecule has 0 saturated heterocycles. The number of carbonyl (C=O) groups is 4. The van der Waals surface area contributed by atoms with E-state index in [-0.39, 0.29) is 63.5 Å². The molecule has 0 radical (unpaired) electrons. The zero-order valence-electron chi connectivity index (χ0n) is 34.6. The minimum absolute atomic E-state index is 0.00427. The standard InChI is InChI=1S/C47H65ClO6/c1-28(2)39-34(50)26-47(22-17-32(49)25-29(3)30-11-13-31(48)14-12-30)24-23-45(9)33(40(39)47)15-16-36-44(8)20-19-37(54-38(51)27-42(4,5)41(52)53)43(6,7)35(44)18-21-46(36,45)10/h11-14,17,22,28-29,33,35-37H,15-16,18-21,23-27H2,1-10H3,(H,52,53)/b22-17+/t29-,33-,35+,36-,37+,44+,45-,46-,47+/m1/s1. The summed E-state index contributed by atoms with van der Waals surface area (Å²) in [6, 6.07) is 7.74. The van der Waals surface area contributed by atoms with E-state index in [9.17, 15) is 24.3 Å². The van der Waals surface area contributed by atoms with E-state index in [1.165, 1.54) is 5.57 Å². The molecule has 0 aromatic heterocycles. The van der Waals surface area contributed by atoms with Gasteiger partial charge in [-0.2, -0.15) is 0 Å². The first-order valence-electron chi connectivity index (χ1n) is 20.7. The molecule has 0 spiro atoms. The first kappa shape index (κ1) is 40.9. The second-order valence-electron chi connectivity index (χ2n) is 20.5. The highest BCUT2D eigenvalue weighted by molar-refractivity contribution is 6.30. The van der Waals surface area contributed by atoms with Gasteiger partial charge in [-0.15, -0.1) is 0 Å². The second-order valence-corrected chi connectivity index (χ2v) is 20.9. The molecule has 4 fully saturated rings. The van der Waals surface area contributed by atoms with E-state index in [0.717, 1.165) is 62.5 Å². The third-order valence-electron chi connectivity index (χ3n) is 16.4. The fraction of sp³-hybridized carbons (Fsp3) is 0.702. The zero-order valence-corrected chi connectivity index (χ0v) is 35.3.